The molecule has 0 bridgehead atoms. The van der Waals surface area contributed by atoms with Crippen LogP contribution in [-0.2, 0) is 19.6 Å². The number of carbonyl (C=O) groups is 2. The molecule has 8 heteroatoms. The Morgan fingerprint density at radius 1 is 0.882 bits per heavy atom. The second kappa shape index (κ2) is 10.2. The van der Waals surface area contributed by atoms with Crippen molar-refractivity contribution in [3.63, 3.8) is 0 Å². The molecule has 0 spiro atoms. The second-order valence-electron chi connectivity index (χ2n) is 8.19. The third-order valence-electron chi connectivity index (χ3n) is 5.68. The van der Waals surface area contributed by atoms with Gasteiger partial charge in [0.1, 0.15) is 0 Å². The molecule has 1 amide bonds. The third-order valence-corrected chi connectivity index (χ3v) is 7.59. The number of benzene rings is 3. The number of hydrogen-bond acceptors (Lipinski definition) is 5. The van der Waals surface area contributed by atoms with Crippen LogP contribution < -0.4 is 5.32 Å². The zero-order valence-electron chi connectivity index (χ0n) is 18.8. The second-order valence-corrected chi connectivity index (χ2v) is 10.1. The van der Waals surface area contributed by atoms with Gasteiger partial charge in [0.15, 0.2) is 0 Å². The Balaban J connectivity index is 1.52. The Labute approximate surface area is 199 Å². The zero-order chi connectivity index (χ0) is 24.1. The number of nitrogens with one attached hydrogen (secondary N) is 1. The topological polar surface area (TPSA) is 92.8 Å². The van der Waals surface area contributed by atoms with Crippen LogP contribution in [-0.4, -0.2) is 37.7 Å². The first-order valence-corrected chi connectivity index (χ1v) is 12.5. The van der Waals surface area contributed by atoms with E-state index in [-0.39, 0.29) is 10.5 Å². The van der Waals surface area contributed by atoms with Crippen molar-refractivity contribution in [3.05, 3.63) is 95.6 Å². The predicted octanol–water partition coefficient (Wildman–Crippen LogP) is 4.32. The summed E-state index contributed by atoms with van der Waals surface area (Å²) in [6.07, 6.45) is 0.507. The van der Waals surface area contributed by atoms with Gasteiger partial charge in [0.25, 0.3) is 5.91 Å². The molecule has 1 aliphatic heterocycles. The van der Waals surface area contributed by atoms with Gasteiger partial charge in [-0.3, -0.25) is 4.79 Å². The summed E-state index contributed by atoms with van der Waals surface area (Å²) in [4.78, 5) is 26.0. The maximum Gasteiger partial charge on any atom is 0.339 e. The molecule has 7 nitrogen and oxygen atoms in total. The van der Waals surface area contributed by atoms with Crippen molar-refractivity contribution in [1.82, 2.24) is 4.31 Å². The molecule has 3 aromatic carbocycles. The fourth-order valence-electron chi connectivity index (χ4n) is 3.76. The van der Waals surface area contributed by atoms with Gasteiger partial charge in [-0.1, -0.05) is 48.0 Å². The van der Waals surface area contributed by atoms with Crippen LogP contribution in [0.5, 0.6) is 0 Å². The molecule has 1 saturated heterocycles. The van der Waals surface area contributed by atoms with E-state index in [1.165, 1.54) is 28.6 Å². The van der Waals surface area contributed by atoms with Crippen molar-refractivity contribution < 1.29 is 22.7 Å². The molecule has 0 aliphatic carbocycles. The normalized spacial score (nSPS) is 15.0. The fourth-order valence-corrected chi connectivity index (χ4v) is 5.28. The number of anilines is 1. The van der Waals surface area contributed by atoms with Gasteiger partial charge in [0.2, 0.25) is 16.1 Å². The first-order valence-electron chi connectivity index (χ1n) is 11.1. The monoisotopic (exact) mass is 478 g/mol. The SMILES string of the molecule is Cc1ccc(NC(=O)C(OC(=O)c2ccc(S(=O)(=O)N3CCCC3)cc2)c2ccccc2)cc1. The van der Waals surface area contributed by atoms with Crippen LogP contribution in [0.1, 0.15) is 40.4 Å². The number of carbonyl (C=O) groups excluding carboxylic acids is 2. The largest absolute Gasteiger partial charge is 0.444 e. The van der Waals surface area contributed by atoms with Crippen LogP contribution in [0.3, 0.4) is 0 Å². The number of amides is 1. The Kier molecular flexibility index (Phi) is 7.09. The minimum absolute atomic E-state index is 0.127. The van der Waals surface area contributed by atoms with E-state index in [4.69, 9.17) is 4.74 Å². The maximum absolute atomic E-state index is 13.0. The summed E-state index contributed by atoms with van der Waals surface area (Å²) in [7, 11) is -3.58. The van der Waals surface area contributed by atoms with Crippen LogP contribution >= 0.6 is 0 Å². The molecule has 1 unspecified atom stereocenters. The molecule has 0 saturated carbocycles. The predicted molar refractivity (Wildman–Crippen MR) is 129 cm³/mol. The number of rotatable bonds is 7. The van der Waals surface area contributed by atoms with Crippen molar-refractivity contribution >= 4 is 27.6 Å². The lowest BCUT2D eigenvalue weighted by molar-refractivity contribution is -0.125. The lowest BCUT2D eigenvalue weighted by Crippen LogP contribution is -2.28. The number of hydrogen-bond donors (Lipinski definition) is 1. The van der Waals surface area contributed by atoms with E-state index in [1.54, 1.807) is 42.5 Å². The van der Waals surface area contributed by atoms with Gasteiger partial charge in [0.05, 0.1) is 10.5 Å². The number of aryl methyl sites for hydroxylation is 1. The fraction of sp³-hybridized carbons (Fsp3) is 0.231. The highest BCUT2D eigenvalue weighted by atomic mass is 32.2. The van der Waals surface area contributed by atoms with Crippen LogP contribution in [0.4, 0.5) is 5.69 Å². The summed E-state index contributed by atoms with van der Waals surface area (Å²) in [5.41, 5.74) is 2.32. The van der Waals surface area contributed by atoms with Crippen LogP contribution in [0.25, 0.3) is 0 Å². The molecule has 3 aromatic rings. The molecular weight excluding hydrogens is 452 g/mol. The van der Waals surface area contributed by atoms with Crippen molar-refractivity contribution in [1.29, 1.82) is 0 Å². The van der Waals surface area contributed by atoms with E-state index in [0.717, 1.165) is 18.4 Å². The summed E-state index contributed by atoms with van der Waals surface area (Å²) < 4.78 is 32.5. The number of sulfonamides is 1. The first-order chi connectivity index (χ1) is 16.3. The molecule has 1 atom stereocenters. The summed E-state index contributed by atoms with van der Waals surface area (Å²) in [5.74, 6) is -1.21. The minimum Gasteiger partial charge on any atom is -0.444 e. The molecule has 1 N–H and O–H groups in total. The lowest BCUT2D eigenvalue weighted by Gasteiger charge is -2.19. The summed E-state index contributed by atoms with van der Waals surface area (Å²) in [6, 6.07) is 21.6. The molecule has 1 fully saturated rings. The molecule has 1 heterocycles. The molecule has 0 radical (unpaired) electrons. The Morgan fingerprint density at radius 2 is 1.50 bits per heavy atom. The van der Waals surface area contributed by atoms with E-state index < -0.39 is 28.0 Å². The van der Waals surface area contributed by atoms with Gasteiger partial charge < -0.3 is 10.1 Å². The summed E-state index contributed by atoms with van der Waals surface area (Å²) in [6.45, 7) is 2.95. The Hall–Kier alpha value is -3.49. The summed E-state index contributed by atoms with van der Waals surface area (Å²) in [5, 5.41) is 2.78. The molecule has 4 rings (SSSR count). The van der Waals surface area contributed by atoms with Crippen molar-refractivity contribution in [2.45, 2.75) is 30.8 Å². The van der Waals surface area contributed by atoms with Crippen molar-refractivity contribution in [2.75, 3.05) is 18.4 Å². The Morgan fingerprint density at radius 3 is 2.12 bits per heavy atom. The molecule has 34 heavy (non-hydrogen) atoms. The highest BCUT2D eigenvalue weighted by molar-refractivity contribution is 7.89. The van der Waals surface area contributed by atoms with Crippen molar-refractivity contribution in [2.24, 2.45) is 0 Å². The number of nitrogens with zero attached hydrogens (tertiary/aromatic N) is 1. The van der Waals surface area contributed by atoms with Gasteiger partial charge in [-0.25, -0.2) is 13.2 Å². The van der Waals surface area contributed by atoms with E-state index in [9.17, 15) is 18.0 Å². The van der Waals surface area contributed by atoms with Gasteiger partial charge in [-0.15, -0.1) is 0 Å². The van der Waals surface area contributed by atoms with E-state index in [2.05, 4.69) is 5.32 Å². The minimum atomic E-state index is -3.58. The summed E-state index contributed by atoms with van der Waals surface area (Å²) >= 11 is 0. The quantitative estimate of drug-likeness (QED) is 0.511. The van der Waals surface area contributed by atoms with Gasteiger partial charge >= 0.3 is 5.97 Å². The van der Waals surface area contributed by atoms with Crippen LogP contribution in [0.2, 0.25) is 0 Å². The van der Waals surface area contributed by atoms with Gasteiger partial charge in [-0.05, 0) is 56.2 Å². The van der Waals surface area contributed by atoms with Crippen molar-refractivity contribution in [3.8, 4) is 0 Å². The first kappa shape index (κ1) is 23.7. The number of ether oxygens (including phenoxy) is 1. The zero-order valence-corrected chi connectivity index (χ0v) is 19.6. The third kappa shape index (κ3) is 5.35. The molecule has 1 aliphatic rings. The van der Waals surface area contributed by atoms with Gasteiger partial charge in [-0.2, -0.15) is 4.31 Å². The van der Waals surface area contributed by atoms with Gasteiger partial charge in [0, 0.05) is 24.3 Å². The average Bonchev–Trinajstić information content (AvgIpc) is 3.40. The molecule has 0 aromatic heterocycles. The number of esters is 1. The van der Waals surface area contributed by atoms with E-state index in [1.807, 2.05) is 19.1 Å². The average molecular weight is 479 g/mol. The van der Waals surface area contributed by atoms with Crippen LogP contribution in [0, 0.1) is 6.92 Å². The van der Waals surface area contributed by atoms with Crippen LogP contribution in [0.15, 0.2) is 83.8 Å². The highest BCUT2D eigenvalue weighted by Gasteiger charge is 2.28. The smallest absolute Gasteiger partial charge is 0.339 e. The van der Waals surface area contributed by atoms with E-state index in [0.29, 0.717) is 24.3 Å². The highest BCUT2D eigenvalue weighted by Crippen LogP contribution is 2.24. The standard InChI is InChI=1S/C26H26N2O5S/c1-19-9-13-22(14-10-19)27-25(29)24(20-7-3-2-4-8-20)33-26(30)21-11-15-23(16-12-21)34(31,32)28-17-5-6-18-28/h2-4,7-16,24H,5-6,17-18H2,1H3,(H,27,29). The lowest BCUT2D eigenvalue weighted by atomic mass is 10.1. The maximum atomic E-state index is 13.0. The molecule has 176 valence electrons. The van der Waals surface area contributed by atoms with E-state index >= 15 is 0 Å². The molecular formula is C26H26N2O5S. The Bertz CT molecular complexity index is 1250.